The van der Waals surface area contributed by atoms with Crippen molar-refractivity contribution in [3.8, 4) is 0 Å². The van der Waals surface area contributed by atoms with Crippen molar-refractivity contribution in [1.82, 2.24) is 4.90 Å². The number of benzene rings is 1. The molecule has 1 N–H and O–H groups in total. The Morgan fingerprint density at radius 3 is 2.70 bits per heavy atom. The van der Waals surface area contributed by atoms with Crippen molar-refractivity contribution in [2.75, 3.05) is 13.7 Å². The zero-order chi connectivity index (χ0) is 16.4. The van der Waals surface area contributed by atoms with Crippen LogP contribution in [0.15, 0.2) is 30.3 Å². The summed E-state index contributed by atoms with van der Waals surface area (Å²) in [4.78, 5) is 27.0. The second-order valence-electron chi connectivity index (χ2n) is 5.52. The van der Waals surface area contributed by atoms with Crippen LogP contribution < -0.4 is 0 Å². The molecule has 0 fully saturated rings. The van der Waals surface area contributed by atoms with Crippen LogP contribution in [0.25, 0.3) is 0 Å². The molecule has 0 unspecified atom stereocenters. The summed E-state index contributed by atoms with van der Waals surface area (Å²) in [6.45, 7) is 1.74. The zero-order valence-electron chi connectivity index (χ0n) is 12.7. The average Bonchev–Trinajstić information content (AvgIpc) is 2.98. The fourth-order valence-corrected chi connectivity index (χ4v) is 3.68. The number of fused-ring (bicyclic) bond motifs is 1. The zero-order valence-corrected chi connectivity index (χ0v) is 13.6. The lowest BCUT2D eigenvalue weighted by Crippen LogP contribution is -2.25. The fourth-order valence-electron chi connectivity index (χ4n) is 2.54. The molecule has 5 nitrogen and oxygen atoms in total. The minimum atomic E-state index is -0.952. The smallest absolute Gasteiger partial charge is 0.335 e. The summed E-state index contributed by atoms with van der Waals surface area (Å²) in [5.41, 5.74) is 2.26. The third-order valence-electron chi connectivity index (χ3n) is 3.81. The van der Waals surface area contributed by atoms with Crippen LogP contribution in [0, 0.1) is 0 Å². The number of rotatable bonds is 4. The van der Waals surface area contributed by atoms with Gasteiger partial charge in [-0.05, 0) is 29.3 Å². The van der Waals surface area contributed by atoms with Gasteiger partial charge in [0, 0.05) is 24.9 Å². The van der Waals surface area contributed by atoms with Gasteiger partial charge < -0.3 is 14.7 Å². The van der Waals surface area contributed by atoms with E-state index in [9.17, 15) is 9.59 Å². The molecule has 1 amide bonds. The number of aromatic carboxylic acids is 1. The van der Waals surface area contributed by atoms with Crippen molar-refractivity contribution >= 4 is 23.2 Å². The van der Waals surface area contributed by atoms with E-state index < -0.39 is 5.97 Å². The molecule has 2 aromatic rings. The number of ether oxygens (including phenoxy) is 1. The highest BCUT2D eigenvalue weighted by Gasteiger charge is 2.20. The topological polar surface area (TPSA) is 66.8 Å². The van der Waals surface area contributed by atoms with Gasteiger partial charge in [0.25, 0.3) is 5.91 Å². The molecule has 1 aliphatic heterocycles. The number of carboxylic acid groups (broad SMARTS) is 1. The molecule has 23 heavy (non-hydrogen) atoms. The predicted molar refractivity (Wildman–Crippen MR) is 86.9 cm³/mol. The van der Waals surface area contributed by atoms with Crippen molar-refractivity contribution in [2.24, 2.45) is 0 Å². The van der Waals surface area contributed by atoms with Crippen LogP contribution >= 0.6 is 11.3 Å². The third-order valence-corrected chi connectivity index (χ3v) is 5.03. The molecule has 1 aliphatic rings. The van der Waals surface area contributed by atoms with Gasteiger partial charge in [0.1, 0.15) is 0 Å². The number of amides is 1. The van der Waals surface area contributed by atoms with E-state index >= 15 is 0 Å². The van der Waals surface area contributed by atoms with Gasteiger partial charge in [0.05, 0.1) is 23.7 Å². The van der Waals surface area contributed by atoms with E-state index in [0.29, 0.717) is 19.8 Å². The van der Waals surface area contributed by atoms with Crippen LogP contribution in [0.5, 0.6) is 0 Å². The number of thiophene rings is 1. The number of carbonyl (C=O) groups is 2. The van der Waals surface area contributed by atoms with Crippen LogP contribution in [-0.4, -0.2) is 35.5 Å². The summed E-state index contributed by atoms with van der Waals surface area (Å²) < 4.78 is 5.41. The van der Waals surface area contributed by atoms with E-state index in [1.165, 1.54) is 16.2 Å². The maximum Gasteiger partial charge on any atom is 0.335 e. The lowest BCUT2D eigenvalue weighted by molar-refractivity contribution is 0.0695. The van der Waals surface area contributed by atoms with Gasteiger partial charge in [-0.2, -0.15) is 0 Å². The summed E-state index contributed by atoms with van der Waals surface area (Å²) in [6, 6.07) is 8.50. The molecular formula is C17H17NO4S. The SMILES string of the molecule is CN(Cc1ccc(C(=O)O)cc1)C(=O)c1cc2c(s1)CCOC2. The number of hydrogen-bond acceptors (Lipinski definition) is 4. The Morgan fingerprint density at radius 1 is 1.30 bits per heavy atom. The Morgan fingerprint density at radius 2 is 2.04 bits per heavy atom. The van der Waals surface area contributed by atoms with E-state index in [1.54, 1.807) is 36.2 Å². The minimum absolute atomic E-state index is 0.0216. The molecule has 0 saturated heterocycles. The molecule has 0 atom stereocenters. The van der Waals surface area contributed by atoms with Crippen LogP contribution in [0.4, 0.5) is 0 Å². The van der Waals surface area contributed by atoms with Gasteiger partial charge in [-0.15, -0.1) is 11.3 Å². The molecule has 0 bridgehead atoms. The highest BCUT2D eigenvalue weighted by atomic mass is 32.1. The van der Waals surface area contributed by atoms with E-state index in [0.717, 1.165) is 22.4 Å². The summed E-state index contributed by atoms with van der Waals surface area (Å²) >= 11 is 1.54. The Labute approximate surface area is 138 Å². The normalized spacial score (nSPS) is 13.4. The monoisotopic (exact) mass is 331 g/mol. The minimum Gasteiger partial charge on any atom is -0.478 e. The molecule has 0 spiro atoms. The van der Waals surface area contributed by atoms with Gasteiger partial charge in [0.2, 0.25) is 0 Å². The summed E-state index contributed by atoms with van der Waals surface area (Å²) in [5, 5.41) is 8.90. The third kappa shape index (κ3) is 3.43. The molecule has 0 saturated carbocycles. The van der Waals surface area contributed by atoms with E-state index in [4.69, 9.17) is 9.84 Å². The van der Waals surface area contributed by atoms with Crippen molar-refractivity contribution in [1.29, 1.82) is 0 Å². The van der Waals surface area contributed by atoms with Crippen LogP contribution in [-0.2, 0) is 24.3 Å². The maximum atomic E-state index is 12.5. The van der Waals surface area contributed by atoms with Gasteiger partial charge in [-0.1, -0.05) is 12.1 Å². The maximum absolute atomic E-state index is 12.5. The van der Waals surface area contributed by atoms with Crippen molar-refractivity contribution in [2.45, 2.75) is 19.6 Å². The van der Waals surface area contributed by atoms with E-state index in [-0.39, 0.29) is 11.5 Å². The highest BCUT2D eigenvalue weighted by molar-refractivity contribution is 7.14. The summed E-state index contributed by atoms with van der Waals surface area (Å²) in [7, 11) is 1.75. The second kappa shape index (κ2) is 6.52. The first-order chi connectivity index (χ1) is 11.0. The lowest BCUT2D eigenvalue weighted by atomic mass is 10.1. The van der Waals surface area contributed by atoms with Crippen LogP contribution in [0.3, 0.4) is 0 Å². The van der Waals surface area contributed by atoms with Gasteiger partial charge >= 0.3 is 5.97 Å². The molecule has 6 heteroatoms. The van der Waals surface area contributed by atoms with E-state index in [2.05, 4.69) is 0 Å². The van der Waals surface area contributed by atoms with Crippen molar-refractivity contribution in [3.63, 3.8) is 0 Å². The Hall–Kier alpha value is -2.18. The van der Waals surface area contributed by atoms with Gasteiger partial charge in [-0.3, -0.25) is 4.79 Å². The standard InChI is InChI=1S/C17H17NO4S/c1-18(9-11-2-4-12(5-3-11)17(20)21)16(19)15-8-13-10-22-7-6-14(13)23-15/h2-5,8H,6-7,9-10H2,1H3,(H,20,21). The molecule has 1 aromatic heterocycles. The van der Waals surface area contributed by atoms with Gasteiger partial charge in [-0.25, -0.2) is 4.79 Å². The highest BCUT2D eigenvalue weighted by Crippen LogP contribution is 2.28. The van der Waals surface area contributed by atoms with Crippen LogP contribution in [0.2, 0.25) is 0 Å². The predicted octanol–water partition coefficient (Wildman–Crippen LogP) is 2.79. The largest absolute Gasteiger partial charge is 0.478 e. The summed E-state index contributed by atoms with van der Waals surface area (Å²) in [6.07, 6.45) is 0.869. The number of carbonyl (C=O) groups excluding carboxylic acids is 1. The molecule has 1 aromatic carbocycles. The Balaban J connectivity index is 1.69. The first kappa shape index (κ1) is 15.7. The number of hydrogen-bond donors (Lipinski definition) is 1. The van der Waals surface area contributed by atoms with Gasteiger partial charge in [0.15, 0.2) is 0 Å². The molecular weight excluding hydrogens is 314 g/mol. The molecule has 120 valence electrons. The average molecular weight is 331 g/mol. The summed E-state index contributed by atoms with van der Waals surface area (Å²) in [5.74, 6) is -0.973. The number of carboxylic acids is 1. The Kier molecular flexibility index (Phi) is 4.45. The first-order valence-electron chi connectivity index (χ1n) is 7.31. The quantitative estimate of drug-likeness (QED) is 0.935. The first-order valence-corrected chi connectivity index (χ1v) is 8.13. The van der Waals surface area contributed by atoms with Crippen molar-refractivity contribution < 1.29 is 19.4 Å². The molecule has 2 heterocycles. The van der Waals surface area contributed by atoms with E-state index in [1.807, 2.05) is 6.07 Å². The van der Waals surface area contributed by atoms with Crippen LogP contribution in [0.1, 0.15) is 36.0 Å². The molecule has 3 rings (SSSR count). The fraction of sp³-hybridized carbons (Fsp3) is 0.294. The molecule has 0 radical (unpaired) electrons. The molecule has 0 aliphatic carbocycles. The number of nitrogens with zero attached hydrogens (tertiary/aromatic N) is 1. The lowest BCUT2D eigenvalue weighted by Gasteiger charge is -2.16. The van der Waals surface area contributed by atoms with Crippen molar-refractivity contribution in [3.05, 3.63) is 56.8 Å². The Bertz CT molecular complexity index is 712. The second-order valence-corrected chi connectivity index (χ2v) is 6.66.